The molecule has 3 unspecified atom stereocenters. The second-order valence-corrected chi connectivity index (χ2v) is 8.72. The Kier molecular flexibility index (Phi) is 12.0. The van der Waals surface area contributed by atoms with Crippen LogP contribution in [-0.2, 0) is 38.1 Å². The van der Waals surface area contributed by atoms with Crippen LogP contribution in [0.2, 0.25) is 0 Å². The fraction of sp³-hybridized carbons (Fsp3) is 0.500. The predicted molar refractivity (Wildman–Crippen MR) is 125 cm³/mol. The first-order chi connectivity index (χ1) is 17.9. The van der Waals surface area contributed by atoms with Gasteiger partial charge in [-0.25, -0.2) is 19.2 Å². The van der Waals surface area contributed by atoms with E-state index in [0.717, 1.165) is 27.7 Å². The highest BCUT2D eigenvalue weighted by Gasteiger charge is 2.78. The van der Waals surface area contributed by atoms with Gasteiger partial charge in [0.2, 0.25) is 6.10 Å². The predicted octanol–water partition coefficient (Wildman–Crippen LogP) is 1.18. The Morgan fingerprint density at radius 3 is 1.40 bits per heavy atom. The minimum atomic E-state index is -6.00. The fourth-order valence-electron chi connectivity index (χ4n) is 2.40. The van der Waals surface area contributed by atoms with Crippen molar-refractivity contribution >= 4 is 23.9 Å². The summed E-state index contributed by atoms with van der Waals surface area (Å²) in [7, 11) is 0. The van der Waals surface area contributed by atoms with Crippen LogP contribution in [-0.4, -0.2) is 86.7 Å². The smallest absolute Gasteiger partial charge is 0.445 e. The van der Waals surface area contributed by atoms with Crippen molar-refractivity contribution in [2.24, 2.45) is 0 Å². The normalized spacial score (nSPS) is 15.0. The average molecular weight is 586 g/mol. The number of hydrogen-bond donors (Lipinski definition) is 4. The molecule has 0 aliphatic heterocycles. The SMILES string of the molecule is C=C(C)C(=O)OC(C(F)(F)C(F)(F)CC(O)CO)C(O)(OC(=O)C(=C)C)C(O)(OC(=O)C(=C)C)OC(=O)C(=C)C. The third kappa shape index (κ3) is 8.20. The number of aliphatic hydroxyl groups excluding tert-OH is 2. The number of rotatable bonds is 15. The van der Waals surface area contributed by atoms with Crippen LogP contribution >= 0.6 is 0 Å². The Bertz CT molecular complexity index is 1060. The number of carbonyl (C=O) groups is 4. The van der Waals surface area contributed by atoms with E-state index < -0.39 is 95.0 Å². The molecular formula is C24H30F4O12. The molecule has 226 valence electrons. The molecule has 4 N–H and O–H groups in total. The van der Waals surface area contributed by atoms with E-state index >= 15 is 8.78 Å². The molecule has 0 spiro atoms. The summed E-state index contributed by atoms with van der Waals surface area (Å²) in [5.74, 6) is -28.8. The molecule has 0 saturated heterocycles. The number of carbonyl (C=O) groups excluding carboxylic acids is 4. The molecule has 0 heterocycles. The Morgan fingerprint density at radius 2 is 1.07 bits per heavy atom. The molecule has 3 atom stereocenters. The zero-order valence-corrected chi connectivity index (χ0v) is 22.0. The van der Waals surface area contributed by atoms with E-state index in [9.17, 15) is 43.3 Å². The minimum absolute atomic E-state index is 0.669. The highest BCUT2D eigenvalue weighted by Crippen LogP contribution is 2.48. The van der Waals surface area contributed by atoms with Crippen LogP contribution in [0.3, 0.4) is 0 Å². The maximum atomic E-state index is 15.6. The summed E-state index contributed by atoms with van der Waals surface area (Å²) in [6.45, 7) is 14.4. The lowest BCUT2D eigenvalue weighted by atomic mass is 9.92. The molecule has 0 fully saturated rings. The van der Waals surface area contributed by atoms with Gasteiger partial charge in [-0.1, -0.05) is 26.3 Å². The average Bonchev–Trinajstić information content (AvgIpc) is 2.80. The number of halogens is 4. The maximum absolute atomic E-state index is 15.6. The quantitative estimate of drug-likeness (QED) is 0.0707. The van der Waals surface area contributed by atoms with Gasteiger partial charge in [0.05, 0.1) is 12.7 Å². The van der Waals surface area contributed by atoms with E-state index in [1.165, 1.54) is 0 Å². The summed E-state index contributed by atoms with van der Waals surface area (Å²) in [5.41, 5.74) is -2.86. The molecule has 0 aromatic carbocycles. The molecular weight excluding hydrogens is 556 g/mol. The number of alkyl halides is 4. The zero-order valence-electron chi connectivity index (χ0n) is 22.0. The first-order valence-corrected chi connectivity index (χ1v) is 10.9. The molecule has 0 saturated carbocycles. The fourth-order valence-corrected chi connectivity index (χ4v) is 2.40. The van der Waals surface area contributed by atoms with Crippen LogP contribution in [0, 0.1) is 0 Å². The first kappa shape index (κ1) is 36.4. The molecule has 0 amide bonds. The Labute approximate surface area is 225 Å². The second-order valence-electron chi connectivity index (χ2n) is 8.72. The highest BCUT2D eigenvalue weighted by molar-refractivity contribution is 5.90. The summed E-state index contributed by atoms with van der Waals surface area (Å²) >= 11 is 0. The van der Waals surface area contributed by atoms with Crippen molar-refractivity contribution in [3.05, 3.63) is 48.6 Å². The van der Waals surface area contributed by atoms with Crippen LogP contribution in [0.5, 0.6) is 0 Å². The Morgan fingerprint density at radius 1 is 0.725 bits per heavy atom. The van der Waals surface area contributed by atoms with Gasteiger partial charge >= 0.3 is 47.5 Å². The van der Waals surface area contributed by atoms with Gasteiger partial charge in [-0.3, -0.25) is 0 Å². The highest BCUT2D eigenvalue weighted by atomic mass is 19.3. The van der Waals surface area contributed by atoms with Crippen molar-refractivity contribution in [3.63, 3.8) is 0 Å². The number of aliphatic hydroxyl groups is 4. The van der Waals surface area contributed by atoms with Gasteiger partial charge in [-0.05, 0) is 27.7 Å². The van der Waals surface area contributed by atoms with Gasteiger partial charge in [0, 0.05) is 28.7 Å². The maximum Gasteiger partial charge on any atom is 0.448 e. The van der Waals surface area contributed by atoms with E-state index in [2.05, 4.69) is 45.3 Å². The summed E-state index contributed by atoms with van der Waals surface area (Å²) in [6.07, 6.45) is -9.10. The monoisotopic (exact) mass is 586 g/mol. The molecule has 16 heteroatoms. The van der Waals surface area contributed by atoms with E-state index in [4.69, 9.17) is 5.11 Å². The lowest BCUT2D eigenvalue weighted by molar-refractivity contribution is -0.475. The van der Waals surface area contributed by atoms with Gasteiger partial charge in [-0.2, -0.15) is 17.6 Å². The van der Waals surface area contributed by atoms with Crippen molar-refractivity contribution in [1.82, 2.24) is 0 Å². The molecule has 0 rings (SSSR count). The van der Waals surface area contributed by atoms with Crippen LogP contribution in [0.25, 0.3) is 0 Å². The molecule has 0 aromatic rings. The number of ether oxygens (including phenoxy) is 4. The van der Waals surface area contributed by atoms with Gasteiger partial charge in [0.25, 0.3) is 0 Å². The van der Waals surface area contributed by atoms with Crippen molar-refractivity contribution in [2.75, 3.05) is 6.61 Å². The van der Waals surface area contributed by atoms with Crippen molar-refractivity contribution < 1.29 is 76.1 Å². The molecule has 0 bridgehead atoms. The van der Waals surface area contributed by atoms with Crippen LogP contribution < -0.4 is 0 Å². The van der Waals surface area contributed by atoms with Gasteiger partial charge in [-0.15, -0.1) is 0 Å². The number of hydrogen-bond acceptors (Lipinski definition) is 12. The third-order valence-electron chi connectivity index (χ3n) is 4.66. The van der Waals surface area contributed by atoms with E-state index in [1.807, 2.05) is 0 Å². The molecule has 12 nitrogen and oxygen atoms in total. The molecule has 40 heavy (non-hydrogen) atoms. The van der Waals surface area contributed by atoms with E-state index in [-0.39, 0.29) is 0 Å². The van der Waals surface area contributed by atoms with Gasteiger partial charge in [0.1, 0.15) is 0 Å². The van der Waals surface area contributed by atoms with Crippen LogP contribution in [0.15, 0.2) is 48.6 Å². The standard InChI is InChI=1S/C24H30F4O12/c1-11(2)16(31)37-20(22(27,28)21(25,26)9-15(30)10-29)23(35,38-17(32)12(3)4)24(36,39-18(33)13(5)6)40-19(34)14(7)8/h15,20,29-30,35-36H,1,3,5,7,9-10H2,2,4,6,8H3. The van der Waals surface area contributed by atoms with Crippen molar-refractivity contribution in [1.29, 1.82) is 0 Å². The van der Waals surface area contributed by atoms with Gasteiger partial charge < -0.3 is 39.4 Å². The van der Waals surface area contributed by atoms with E-state index in [0.29, 0.717) is 0 Å². The summed E-state index contributed by atoms with van der Waals surface area (Å²) in [4.78, 5) is 49.2. The lowest BCUT2D eigenvalue weighted by Crippen LogP contribution is -2.74. The van der Waals surface area contributed by atoms with Crippen molar-refractivity contribution in [2.45, 2.75) is 69.9 Å². The molecule has 0 aliphatic carbocycles. The van der Waals surface area contributed by atoms with Crippen LogP contribution in [0.4, 0.5) is 17.6 Å². The summed E-state index contributed by atoms with van der Waals surface area (Å²) in [6, 6.07) is 0. The largest absolute Gasteiger partial charge is 0.448 e. The zero-order chi connectivity index (χ0) is 32.0. The van der Waals surface area contributed by atoms with Crippen molar-refractivity contribution in [3.8, 4) is 0 Å². The van der Waals surface area contributed by atoms with Gasteiger partial charge in [0.15, 0.2) is 0 Å². The topological polar surface area (TPSA) is 186 Å². The molecule has 0 aliphatic rings. The summed E-state index contributed by atoms with van der Waals surface area (Å²) in [5, 5.41) is 40.6. The van der Waals surface area contributed by atoms with E-state index in [1.54, 1.807) is 0 Å². The third-order valence-corrected chi connectivity index (χ3v) is 4.66. The molecule has 0 radical (unpaired) electrons. The first-order valence-electron chi connectivity index (χ1n) is 10.9. The number of esters is 4. The summed E-state index contributed by atoms with van der Waals surface area (Å²) < 4.78 is 78.5. The molecule has 0 aromatic heterocycles. The van der Waals surface area contributed by atoms with Crippen LogP contribution in [0.1, 0.15) is 34.1 Å². The minimum Gasteiger partial charge on any atom is -0.445 e. The second kappa shape index (κ2) is 13.2. The Hall–Kier alpha value is -3.60. The lowest BCUT2D eigenvalue weighted by Gasteiger charge is -2.45. The Balaban J connectivity index is 7.81.